The molecule has 2 heterocycles. The van der Waals surface area contributed by atoms with E-state index in [4.69, 9.17) is 15.0 Å². The molecule has 4 fully saturated rings. The van der Waals surface area contributed by atoms with Crippen LogP contribution in [0.25, 0.3) is 0 Å². The number of rotatable bonds is 7. The first kappa shape index (κ1) is 23.6. The zero-order valence-electron chi connectivity index (χ0n) is 18.7. The van der Waals surface area contributed by atoms with Crippen LogP contribution in [0.15, 0.2) is 18.5 Å². The minimum atomic E-state index is -0.671. The molecule has 6 atom stereocenters. The topological polar surface area (TPSA) is 91.4 Å². The number of nitrogens with one attached hydrogen (secondary N) is 1. The van der Waals surface area contributed by atoms with Gasteiger partial charge in [-0.3, -0.25) is 9.48 Å². The first-order valence-electron chi connectivity index (χ1n) is 11.0. The molecule has 1 aromatic rings. The van der Waals surface area contributed by atoms with Crippen molar-refractivity contribution in [1.29, 1.82) is 0 Å². The van der Waals surface area contributed by atoms with E-state index < -0.39 is 13.2 Å². The van der Waals surface area contributed by atoms with Crippen molar-refractivity contribution in [1.82, 2.24) is 15.1 Å². The van der Waals surface area contributed by atoms with Crippen LogP contribution in [0.1, 0.15) is 53.9 Å². The van der Waals surface area contributed by atoms with E-state index >= 15 is 0 Å². The summed E-state index contributed by atoms with van der Waals surface area (Å²) in [7, 11) is -0.427. The number of halogens is 1. The van der Waals surface area contributed by atoms with Crippen LogP contribution in [0.2, 0.25) is 0 Å². The highest BCUT2D eigenvalue weighted by molar-refractivity contribution is 6.47. The third kappa shape index (κ3) is 4.04. The molecule has 4 aliphatic rings. The van der Waals surface area contributed by atoms with Gasteiger partial charge in [0, 0.05) is 12.4 Å². The van der Waals surface area contributed by atoms with Crippen LogP contribution in [-0.4, -0.2) is 46.5 Å². The van der Waals surface area contributed by atoms with Gasteiger partial charge in [-0.2, -0.15) is 5.10 Å². The molecule has 3 N–H and O–H groups in total. The van der Waals surface area contributed by atoms with Gasteiger partial charge >= 0.3 is 7.12 Å². The minimum absolute atomic E-state index is 0. The summed E-state index contributed by atoms with van der Waals surface area (Å²) in [5.74, 6) is 1.20. The number of aromatic nitrogens is 2. The van der Waals surface area contributed by atoms with E-state index in [1.54, 1.807) is 17.1 Å². The maximum atomic E-state index is 12.8. The standard InChI is InChI=1S/C21H35BN4O3.ClH/c1-13(2)9-18(25-19(27)15(23)12-26-8-6-7-24-26)22-28-17-11-14-10-16(20(14,3)4)21(17,5)29-22;/h6-8,13-18H,9-12,23H2,1-5H3,(H,25,27);1H/t14-,15-,16-,17+,18-,21-;/m0./s1. The Kier molecular flexibility index (Phi) is 6.64. The zero-order valence-corrected chi connectivity index (χ0v) is 19.5. The van der Waals surface area contributed by atoms with E-state index in [9.17, 15) is 4.79 Å². The van der Waals surface area contributed by atoms with Gasteiger partial charge in [-0.1, -0.05) is 27.7 Å². The van der Waals surface area contributed by atoms with Crippen LogP contribution in [0.5, 0.6) is 0 Å². The normalized spacial score (nSPS) is 33.3. The zero-order chi connectivity index (χ0) is 21.0. The predicted octanol–water partition coefficient (Wildman–Crippen LogP) is 2.43. The largest absolute Gasteiger partial charge is 0.481 e. The van der Waals surface area contributed by atoms with Crippen molar-refractivity contribution in [3.8, 4) is 0 Å². The second kappa shape index (κ2) is 8.45. The van der Waals surface area contributed by atoms with Crippen LogP contribution >= 0.6 is 12.4 Å². The Morgan fingerprint density at radius 2 is 2.10 bits per heavy atom. The Morgan fingerprint density at radius 1 is 1.37 bits per heavy atom. The van der Waals surface area contributed by atoms with Gasteiger partial charge in [0.1, 0.15) is 6.04 Å². The van der Waals surface area contributed by atoms with Crippen molar-refractivity contribution in [2.24, 2.45) is 28.9 Å². The summed E-state index contributed by atoms with van der Waals surface area (Å²) in [4.78, 5) is 12.8. The summed E-state index contributed by atoms with van der Waals surface area (Å²) >= 11 is 0. The van der Waals surface area contributed by atoms with Gasteiger partial charge in [0.05, 0.1) is 24.2 Å². The van der Waals surface area contributed by atoms with Crippen molar-refractivity contribution in [3.63, 3.8) is 0 Å². The molecule has 168 valence electrons. The summed E-state index contributed by atoms with van der Waals surface area (Å²) in [6.45, 7) is 11.5. The Bertz CT molecular complexity index is 747. The molecule has 5 rings (SSSR count). The van der Waals surface area contributed by atoms with Crippen molar-refractivity contribution in [3.05, 3.63) is 18.5 Å². The summed E-state index contributed by atoms with van der Waals surface area (Å²) in [6, 6.07) is 1.15. The second-order valence-electron chi connectivity index (χ2n) is 10.4. The van der Waals surface area contributed by atoms with E-state index in [1.165, 1.54) is 6.42 Å². The number of hydrogen-bond donors (Lipinski definition) is 2. The van der Waals surface area contributed by atoms with Gasteiger partial charge in [-0.25, -0.2) is 0 Å². The molecule has 3 saturated carbocycles. The van der Waals surface area contributed by atoms with E-state index in [2.05, 4.69) is 45.0 Å². The van der Waals surface area contributed by atoms with Gasteiger partial charge in [-0.15, -0.1) is 12.4 Å². The maximum Gasteiger partial charge on any atom is 0.481 e. The molecule has 0 unspecified atom stereocenters. The predicted molar refractivity (Wildman–Crippen MR) is 119 cm³/mol. The van der Waals surface area contributed by atoms with Crippen LogP contribution in [0.4, 0.5) is 0 Å². The average Bonchev–Trinajstić information content (AvgIpc) is 3.26. The Balaban J connectivity index is 0.00000256. The monoisotopic (exact) mass is 438 g/mol. The number of amides is 1. The fourth-order valence-electron chi connectivity index (χ4n) is 5.80. The van der Waals surface area contributed by atoms with Gasteiger partial charge in [0.2, 0.25) is 5.91 Å². The third-order valence-corrected chi connectivity index (χ3v) is 7.63. The van der Waals surface area contributed by atoms with Crippen LogP contribution in [0.3, 0.4) is 0 Å². The molecular weight excluding hydrogens is 403 g/mol. The van der Waals surface area contributed by atoms with Gasteiger partial charge in [0.25, 0.3) is 0 Å². The van der Waals surface area contributed by atoms with Crippen molar-refractivity contribution >= 4 is 25.4 Å². The first-order valence-corrected chi connectivity index (χ1v) is 11.0. The summed E-state index contributed by atoms with van der Waals surface area (Å²) in [5.41, 5.74) is 6.16. The smallest absolute Gasteiger partial charge is 0.404 e. The van der Waals surface area contributed by atoms with Gasteiger partial charge in [-0.05, 0) is 55.4 Å². The molecule has 2 bridgehead atoms. The molecule has 0 radical (unpaired) electrons. The number of hydrogen-bond acceptors (Lipinski definition) is 5. The fraction of sp³-hybridized carbons (Fsp3) is 0.810. The molecule has 1 amide bonds. The van der Waals surface area contributed by atoms with Crippen LogP contribution in [0, 0.1) is 23.2 Å². The highest BCUT2D eigenvalue weighted by Crippen LogP contribution is 2.65. The van der Waals surface area contributed by atoms with E-state index in [1.807, 2.05) is 6.07 Å². The maximum absolute atomic E-state index is 12.8. The Hall–Kier alpha value is -1.09. The summed E-state index contributed by atoms with van der Waals surface area (Å²) in [5, 5.41) is 7.26. The van der Waals surface area contributed by atoms with E-state index in [-0.39, 0.29) is 36.0 Å². The third-order valence-electron chi connectivity index (χ3n) is 7.63. The molecule has 0 spiro atoms. The summed E-state index contributed by atoms with van der Waals surface area (Å²) < 4.78 is 14.7. The van der Waals surface area contributed by atoms with Crippen LogP contribution in [-0.2, 0) is 20.6 Å². The molecular formula is C21H36BClN4O3. The van der Waals surface area contributed by atoms with Crippen molar-refractivity contribution in [2.75, 3.05) is 0 Å². The minimum Gasteiger partial charge on any atom is -0.404 e. The van der Waals surface area contributed by atoms with E-state index in [0.29, 0.717) is 29.7 Å². The molecule has 7 nitrogen and oxygen atoms in total. The quantitative estimate of drug-likeness (QED) is 0.638. The molecule has 1 aromatic heterocycles. The van der Waals surface area contributed by atoms with E-state index in [0.717, 1.165) is 12.8 Å². The SMILES string of the molecule is CC(C)C[C@H](NC(=O)[C@@H](N)Cn1cccn1)B1O[C@@H]2C[C@@H]3C[C@@H](C3(C)C)[C@]2(C)O1.Cl. The lowest BCUT2D eigenvalue weighted by molar-refractivity contribution is -0.199. The molecule has 30 heavy (non-hydrogen) atoms. The Labute approximate surface area is 186 Å². The van der Waals surface area contributed by atoms with Crippen LogP contribution < -0.4 is 11.1 Å². The molecule has 1 aliphatic heterocycles. The van der Waals surface area contributed by atoms with Crippen molar-refractivity contribution < 1.29 is 14.1 Å². The fourth-order valence-corrected chi connectivity index (χ4v) is 5.80. The average molecular weight is 439 g/mol. The molecule has 3 aliphatic carbocycles. The number of carbonyl (C=O) groups is 1. The van der Waals surface area contributed by atoms with Crippen molar-refractivity contribution in [2.45, 2.75) is 84.1 Å². The number of nitrogens with zero attached hydrogens (tertiary/aromatic N) is 2. The second-order valence-corrected chi connectivity index (χ2v) is 10.4. The number of carbonyl (C=O) groups excluding carboxylic acids is 1. The lowest BCUT2D eigenvalue weighted by Crippen LogP contribution is -2.65. The highest BCUT2D eigenvalue weighted by Gasteiger charge is 2.68. The van der Waals surface area contributed by atoms with Gasteiger partial charge < -0.3 is 20.4 Å². The molecule has 1 saturated heterocycles. The highest BCUT2D eigenvalue weighted by atomic mass is 35.5. The first-order chi connectivity index (χ1) is 13.6. The molecule has 0 aromatic carbocycles. The lowest BCUT2D eigenvalue weighted by atomic mass is 9.43. The lowest BCUT2D eigenvalue weighted by Gasteiger charge is -2.64. The molecule has 9 heteroatoms. The number of nitrogens with two attached hydrogens (primary N) is 1. The Morgan fingerprint density at radius 3 is 2.70 bits per heavy atom. The van der Waals surface area contributed by atoms with Gasteiger partial charge in [0.15, 0.2) is 0 Å². The summed E-state index contributed by atoms with van der Waals surface area (Å²) in [6.07, 6.45) is 6.63.